The van der Waals surface area contributed by atoms with Gasteiger partial charge in [0, 0.05) is 6.42 Å². The van der Waals surface area contributed by atoms with Crippen molar-refractivity contribution in [2.75, 3.05) is 0 Å². The van der Waals surface area contributed by atoms with E-state index in [1.165, 1.54) is 11.1 Å². The molecule has 1 N–H and O–H groups in total. The van der Waals surface area contributed by atoms with E-state index in [0.717, 1.165) is 19.3 Å². The number of rotatable bonds is 7. The highest BCUT2D eigenvalue weighted by molar-refractivity contribution is 5.66. The summed E-state index contributed by atoms with van der Waals surface area (Å²) in [6.07, 6.45) is 3.09. The number of hydrogen-bond acceptors (Lipinski definition) is 1. The van der Waals surface area contributed by atoms with Crippen molar-refractivity contribution in [3.05, 3.63) is 35.4 Å². The molecule has 0 amide bonds. The molecule has 0 saturated heterocycles. The van der Waals surface area contributed by atoms with E-state index in [0.29, 0.717) is 11.8 Å². The number of carbonyl (C=O) groups is 1. The molecule has 0 fully saturated rings. The number of hydrogen-bond donors (Lipinski definition) is 1. The molecule has 0 aliphatic carbocycles. The lowest BCUT2D eigenvalue weighted by Crippen LogP contribution is -1.99. The molecular weight excluding hydrogens is 224 g/mol. The molecule has 0 aliphatic heterocycles. The molecule has 0 bridgehead atoms. The zero-order valence-corrected chi connectivity index (χ0v) is 11.6. The van der Waals surface area contributed by atoms with Crippen molar-refractivity contribution >= 4 is 5.97 Å². The Morgan fingerprint density at radius 3 is 2.28 bits per heavy atom. The van der Waals surface area contributed by atoms with Gasteiger partial charge in [-0.15, -0.1) is 0 Å². The Morgan fingerprint density at radius 1 is 1.17 bits per heavy atom. The van der Waals surface area contributed by atoms with Gasteiger partial charge in [0.1, 0.15) is 0 Å². The van der Waals surface area contributed by atoms with Gasteiger partial charge in [-0.3, -0.25) is 4.79 Å². The van der Waals surface area contributed by atoms with Gasteiger partial charge in [0.25, 0.3) is 0 Å². The van der Waals surface area contributed by atoms with E-state index in [4.69, 9.17) is 5.11 Å². The summed E-state index contributed by atoms with van der Waals surface area (Å²) in [4.78, 5) is 10.5. The molecule has 0 aliphatic rings. The Hall–Kier alpha value is -1.31. The quantitative estimate of drug-likeness (QED) is 0.783. The van der Waals surface area contributed by atoms with E-state index in [1.54, 1.807) is 0 Å². The van der Waals surface area contributed by atoms with Crippen LogP contribution in [0.15, 0.2) is 24.3 Å². The van der Waals surface area contributed by atoms with E-state index >= 15 is 0 Å². The lowest BCUT2D eigenvalue weighted by Gasteiger charge is -2.12. The maximum absolute atomic E-state index is 10.5. The molecule has 1 rings (SSSR count). The van der Waals surface area contributed by atoms with E-state index in [1.807, 2.05) is 0 Å². The Labute approximate surface area is 110 Å². The summed E-state index contributed by atoms with van der Waals surface area (Å²) in [5, 5.41) is 8.62. The largest absolute Gasteiger partial charge is 0.481 e. The van der Waals surface area contributed by atoms with E-state index in [9.17, 15) is 4.79 Å². The van der Waals surface area contributed by atoms with Crippen LogP contribution in [0.3, 0.4) is 0 Å². The maximum atomic E-state index is 10.5. The molecule has 100 valence electrons. The Morgan fingerprint density at radius 2 is 1.78 bits per heavy atom. The van der Waals surface area contributed by atoms with Crippen LogP contribution < -0.4 is 0 Å². The monoisotopic (exact) mass is 248 g/mol. The van der Waals surface area contributed by atoms with Gasteiger partial charge in [-0.1, -0.05) is 45.0 Å². The highest BCUT2D eigenvalue weighted by Gasteiger charge is 2.07. The third kappa shape index (κ3) is 5.35. The number of carboxylic acids is 1. The molecule has 1 aromatic rings. The van der Waals surface area contributed by atoms with Crippen LogP contribution in [0, 0.1) is 5.92 Å². The lowest BCUT2D eigenvalue weighted by molar-refractivity contribution is -0.137. The summed E-state index contributed by atoms with van der Waals surface area (Å²) < 4.78 is 0. The zero-order valence-electron chi connectivity index (χ0n) is 11.6. The third-order valence-corrected chi connectivity index (χ3v) is 3.22. The van der Waals surface area contributed by atoms with Crippen molar-refractivity contribution in [2.24, 2.45) is 5.92 Å². The van der Waals surface area contributed by atoms with Gasteiger partial charge in [0.15, 0.2) is 0 Å². The van der Waals surface area contributed by atoms with Crippen molar-refractivity contribution in [1.29, 1.82) is 0 Å². The van der Waals surface area contributed by atoms with Crippen molar-refractivity contribution < 1.29 is 9.90 Å². The molecule has 18 heavy (non-hydrogen) atoms. The van der Waals surface area contributed by atoms with Gasteiger partial charge in [-0.2, -0.15) is 0 Å². The first-order valence-electron chi connectivity index (χ1n) is 6.79. The molecule has 0 radical (unpaired) electrons. The van der Waals surface area contributed by atoms with Crippen molar-refractivity contribution in [3.63, 3.8) is 0 Å². The molecule has 2 nitrogen and oxygen atoms in total. The zero-order chi connectivity index (χ0) is 13.5. The second kappa shape index (κ2) is 7.20. The first-order valence-corrected chi connectivity index (χ1v) is 6.79. The van der Waals surface area contributed by atoms with Gasteiger partial charge in [0.05, 0.1) is 0 Å². The molecule has 1 aromatic carbocycles. The Kier molecular flexibility index (Phi) is 5.90. The number of carboxylic acid groups (broad SMARTS) is 1. The minimum absolute atomic E-state index is 0.274. The lowest BCUT2D eigenvalue weighted by atomic mass is 9.93. The highest BCUT2D eigenvalue weighted by atomic mass is 16.4. The van der Waals surface area contributed by atoms with Crippen LogP contribution in [0.4, 0.5) is 0 Å². The molecule has 1 unspecified atom stereocenters. The molecular formula is C16H24O2. The van der Waals surface area contributed by atoms with E-state index in [-0.39, 0.29) is 6.42 Å². The van der Waals surface area contributed by atoms with Gasteiger partial charge < -0.3 is 5.11 Å². The number of aliphatic carboxylic acids is 1. The first-order chi connectivity index (χ1) is 8.49. The van der Waals surface area contributed by atoms with E-state index < -0.39 is 5.97 Å². The number of benzene rings is 1. The standard InChI is InChI=1S/C16H24O2/c1-12(2)11-14-7-9-15(10-8-14)13(3)5-4-6-16(17)18/h7-10,12-13H,4-6,11H2,1-3H3,(H,17,18). The highest BCUT2D eigenvalue weighted by Crippen LogP contribution is 2.22. The fourth-order valence-electron chi connectivity index (χ4n) is 2.18. The summed E-state index contributed by atoms with van der Waals surface area (Å²) >= 11 is 0. The fourth-order valence-corrected chi connectivity index (χ4v) is 2.18. The fraction of sp³-hybridized carbons (Fsp3) is 0.562. The van der Waals surface area contributed by atoms with Crippen LogP contribution in [-0.2, 0) is 11.2 Å². The summed E-state index contributed by atoms with van der Waals surface area (Å²) in [5.41, 5.74) is 2.69. The molecule has 0 saturated carbocycles. The summed E-state index contributed by atoms with van der Waals surface area (Å²) in [6, 6.07) is 8.76. The molecule has 0 spiro atoms. The van der Waals surface area contributed by atoms with Crippen molar-refractivity contribution in [3.8, 4) is 0 Å². The molecule has 0 heterocycles. The predicted octanol–water partition coefficient (Wildman–Crippen LogP) is 4.24. The van der Waals surface area contributed by atoms with Crippen LogP contribution in [0.2, 0.25) is 0 Å². The van der Waals surface area contributed by atoms with Crippen LogP contribution in [0.5, 0.6) is 0 Å². The van der Waals surface area contributed by atoms with Crippen LogP contribution in [0.25, 0.3) is 0 Å². The van der Waals surface area contributed by atoms with Gasteiger partial charge >= 0.3 is 5.97 Å². The van der Waals surface area contributed by atoms with Crippen molar-refractivity contribution in [1.82, 2.24) is 0 Å². The van der Waals surface area contributed by atoms with Crippen molar-refractivity contribution in [2.45, 2.75) is 52.4 Å². The Bertz CT molecular complexity index is 365. The third-order valence-electron chi connectivity index (χ3n) is 3.22. The molecule has 2 heteroatoms. The van der Waals surface area contributed by atoms with Crippen LogP contribution in [-0.4, -0.2) is 11.1 Å². The van der Waals surface area contributed by atoms with Crippen LogP contribution >= 0.6 is 0 Å². The van der Waals surface area contributed by atoms with E-state index in [2.05, 4.69) is 45.0 Å². The van der Waals surface area contributed by atoms with Gasteiger partial charge in [-0.25, -0.2) is 0 Å². The summed E-state index contributed by atoms with van der Waals surface area (Å²) in [7, 11) is 0. The summed E-state index contributed by atoms with van der Waals surface area (Å²) in [6.45, 7) is 6.62. The normalized spacial score (nSPS) is 12.7. The maximum Gasteiger partial charge on any atom is 0.303 e. The average molecular weight is 248 g/mol. The smallest absolute Gasteiger partial charge is 0.303 e. The second-order valence-electron chi connectivity index (χ2n) is 5.53. The van der Waals surface area contributed by atoms with Gasteiger partial charge in [-0.05, 0) is 42.2 Å². The topological polar surface area (TPSA) is 37.3 Å². The second-order valence-corrected chi connectivity index (χ2v) is 5.53. The SMILES string of the molecule is CC(C)Cc1ccc(C(C)CCCC(=O)O)cc1. The molecule has 1 atom stereocenters. The minimum Gasteiger partial charge on any atom is -0.481 e. The minimum atomic E-state index is -0.700. The molecule has 0 aromatic heterocycles. The predicted molar refractivity (Wildman–Crippen MR) is 74.9 cm³/mol. The first kappa shape index (κ1) is 14.7. The Balaban J connectivity index is 2.48. The van der Waals surface area contributed by atoms with Gasteiger partial charge in [0.2, 0.25) is 0 Å². The van der Waals surface area contributed by atoms with Crippen LogP contribution in [0.1, 0.15) is 57.1 Å². The summed E-state index contributed by atoms with van der Waals surface area (Å²) in [5.74, 6) is 0.427. The average Bonchev–Trinajstić information content (AvgIpc) is 2.28.